The predicted octanol–water partition coefficient (Wildman–Crippen LogP) is 3.50. The normalized spacial score (nSPS) is 20.1. The number of fused-ring (bicyclic) bond motifs is 1. The Morgan fingerprint density at radius 1 is 1.27 bits per heavy atom. The quantitative estimate of drug-likeness (QED) is 0.0477. The Balaban J connectivity index is 1.20. The van der Waals surface area contributed by atoms with E-state index in [4.69, 9.17) is 5.53 Å². The molecule has 3 atom stereocenters. The number of urea groups is 1. The maximum atomic E-state index is 12.1. The molecule has 0 spiro atoms. The van der Waals surface area contributed by atoms with Gasteiger partial charge in [-0.05, 0) is 57.4 Å². The van der Waals surface area contributed by atoms with Gasteiger partial charge < -0.3 is 26.2 Å². The average Bonchev–Trinajstić information content (AvgIpc) is 3.42. The number of carbonyl (C=O) groups is 2. The first-order valence-corrected chi connectivity index (χ1v) is 13.6. The van der Waals surface area contributed by atoms with E-state index in [9.17, 15) is 19.7 Å². The van der Waals surface area contributed by atoms with Crippen LogP contribution < -0.4 is 21.3 Å². The minimum atomic E-state index is -0.503. The Morgan fingerprint density at radius 2 is 2.05 bits per heavy atom. The third-order valence-corrected chi connectivity index (χ3v) is 8.00. The molecule has 1 aromatic carbocycles. The van der Waals surface area contributed by atoms with Gasteiger partial charge in [-0.15, -0.1) is 0 Å². The van der Waals surface area contributed by atoms with Gasteiger partial charge in [0.25, 0.3) is 5.69 Å². The number of nitrogens with one attached hydrogen (secondary N) is 4. The highest BCUT2D eigenvalue weighted by Gasteiger charge is 2.42. The number of unbranched alkanes of at least 4 members (excludes halogenated alkanes) is 1. The van der Waals surface area contributed by atoms with Crippen LogP contribution in [0, 0.1) is 10.1 Å². The lowest BCUT2D eigenvalue weighted by Crippen LogP contribution is -2.36. The third kappa shape index (κ3) is 8.99. The molecule has 0 bridgehead atoms. The zero-order valence-corrected chi connectivity index (χ0v) is 21.8. The number of hydrogen-bond donors (Lipinski definition) is 4. The fourth-order valence-electron chi connectivity index (χ4n) is 4.56. The van der Waals surface area contributed by atoms with Crippen LogP contribution in [0.5, 0.6) is 0 Å². The number of rotatable bonds is 16. The summed E-state index contributed by atoms with van der Waals surface area (Å²) in [6.45, 7) is 2.84. The molecule has 0 aromatic heterocycles. The average molecular weight is 534 g/mol. The highest BCUT2D eigenvalue weighted by atomic mass is 32.2. The lowest BCUT2D eigenvalue weighted by molar-refractivity contribution is -0.383. The molecular weight excluding hydrogens is 498 g/mol. The molecular formula is C23H35N9O4S. The number of azide groups is 1. The maximum Gasteiger partial charge on any atom is 0.315 e. The zero-order valence-electron chi connectivity index (χ0n) is 21.0. The largest absolute Gasteiger partial charge is 0.379 e. The smallest absolute Gasteiger partial charge is 0.315 e. The molecule has 0 unspecified atom stereocenters. The number of anilines is 1. The number of thioether (sulfide) groups is 1. The highest BCUT2D eigenvalue weighted by molar-refractivity contribution is 8.00. The Morgan fingerprint density at radius 3 is 2.81 bits per heavy atom. The van der Waals surface area contributed by atoms with Crippen LogP contribution in [0.2, 0.25) is 0 Å². The van der Waals surface area contributed by atoms with E-state index >= 15 is 0 Å². The predicted molar refractivity (Wildman–Crippen MR) is 144 cm³/mol. The van der Waals surface area contributed by atoms with Crippen LogP contribution in [0.1, 0.15) is 38.5 Å². The van der Waals surface area contributed by atoms with Crippen molar-refractivity contribution in [2.24, 2.45) is 5.11 Å². The summed E-state index contributed by atoms with van der Waals surface area (Å²) in [6.07, 6.45) is 4.99. The van der Waals surface area contributed by atoms with Crippen molar-refractivity contribution in [2.75, 3.05) is 44.3 Å². The number of nitro benzene ring substituents is 1. The topological polar surface area (TPSA) is 177 Å². The van der Waals surface area contributed by atoms with E-state index in [0.717, 1.165) is 50.9 Å². The molecule has 2 aliphatic rings. The van der Waals surface area contributed by atoms with E-state index < -0.39 is 4.92 Å². The number of nitrogens with zero attached hydrogens (tertiary/aromatic N) is 5. The zero-order chi connectivity index (χ0) is 26.6. The Kier molecular flexibility index (Phi) is 11.1. The minimum Gasteiger partial charge on any atom is -0.379 e. The first kappa shape index (κ1) is 28.4. The van der Waals surface area contributed by atoms with Gasteiger partial charge in [0.05, 0.1) is 17.0 Å². The number of nitro groups is 1. The highest BCUT2D eigenvalue weighted by Crippen LogP contribution is 2.33. The molecule has 202 valence electrons. The van der Waals surface area contributed by atoms with Gasteiger partial charge in [0.1, 0.15) is 5.69 Å². The van der Waals surface area contributed by atoms with Crippen LogP contribution in [0.3, 0.4) is 0 Å². The summed E-state index contributed by atoms with van der Waals surface area (Å²) >= 11 is 1.90. The SMILES string of the molecule is CN(CCCNC(=O)CCCC[C@H]1SC[C@@H]2NC(=O)N[C@@H]21)CCCNc1ccc(N=[N+]=[N-])cc1[N+](=O)[O-]. The van der Waals surface area contributed by atoms with Gasteiger partial charge in [-0.3, -0.25) is 14.9 Å². The van der Waals surface area contributed by atoms with Crippen LogP contribution in [-0.4, -0.2) is 78.1 Å². The first-order valence-electron chi connectivity index (χ1n) is 12.6. The summed E-state index contributed by atoms with van der Waals surface area (Å²) in [6, 6.07) is 4.72. The minimum absolute atomic E-state index is 0.0662. The van der Waals surface area contributed by atoms with Crippen molar-refractivity contribution >= 4 is 40.8 Å². The van der Waals surface area contributed by atoms with Crippen LogP contribution in [0.15, 0.2) is 23.3 Å². The fourth-order valence-corrected chi connectivity index (χ4v) is 6.10. The van der Waals surface area contributed by atoms with Crippen molar-refractivity contribution in [3.8, 4) is 0 Å². The number of hydrogen-bond acceptors (Lipinski definition) is 8. The van der Waals surface area contributed by atoms with Crippen LogP contribution in [0.4, 0.5) is 21.9 Å². The van der Waals surface area contributed by atoms with Crippen LogP contribution in [0.25, 0.3) is 10.4 Å². The van der Waals surface area contributed by atoms with E-state index in [1.54, 1.807) is 6.07 Å². The van der Waals surface area contributed by atoms with Crippen molar-refractivity contribution in [3.05, 3.63) is 38.8 Å². The van der Waals surface area contributed by atoms with Crippen molar-refractivity contribution < 1.29 is 14.5 Å². The van der Waals surface area contributed by atoms with Crippen LogP contribution in [-0.2, 0) is 4.79 Å². The lowest BCUT2D eigenvalue weighted by Gasteiger charge is -2.17. The molecule has 13 nitrogen and oxygen atoms in total. The van der Waals surface area contributed by atoms with Crippen LogP contribution >= 0.6 is 11.8 Å². The molecule has 2 aliphatic heterocycles. The first-order chi connectivity index (χ1) is 17.9. The molecule has 3 amide bonds. The third-order valence-electron chi connectivity index (χ3n) is 6.49. The Bertz CT molecular complexity index is 1000. The summed E-state index contributed by atoms with van der Waals surface area (Å²) < 4.78 is 0. The van der Waals surface area contributed by atoms with Gasteiger partial charge in [0, 0.05) is 47.2 Å². The summed E-state index contributed by atoms with van der Waals surface area (Å²) in [4.78, 5) is 39.1. The van der Waals surface area contributed by atoms with Crippen molar-refractivity contribution in [1.29, 1.82) is 0 Å². The Hall–Kier alpha value is -3.22. The number of carbonyl (C=O) groups excluding carboxylic acids is 2. The molecule has 37 heavy (non-hydrogen) atoms. The molecule has 2 saturated heterocycles. The van der Waals surface area contributed by atoms with Crippen molar-refractivity contribution in [3.63, 3.8) is 0 Å². The summed E-state index contributed by atoms with van der Waals surface area (Å²) in [5.41, 5.74) is 8.95. The monoisotopic (exact) mass is 533 g/mol. The van der Waals surface area contributed by atoms with Gasteiger partial charge in [-0.1, -0.05) is 17.6 Å². The van der Waals surface area contributed by atoms with E-state index in [2.05, 4.69) is 36.2 Å². The standard InChI is InChI=1S/C23H35N9O4S/c1-31(12-4-10-25-17-9-8-16(29-30-24)14-19(17)32(35)36)13-5-11-26-21(33)7-3-2-6-20-22-18(15-37-20)27-23(34)28-22/h8-9,14,18,20,22,25H,2-7,10-13,15H2,1H3,(H,26,33)(H2,27,28,34)/t18-,20+,22-/m0/s1. The number of benzene rings is 1. The van der Waals surface area contributed by atoms with Gasteiger partial charge in [-0.2, -0.15) is 11.8 Å². The fraction of sp³-hybridized carbons (Fsp3) is 0.652. The second kappa shape index (κ2) is 14.5. The second-order valence-electron chi connectivity index (χ2n) is 9.30. The Labute approximate surface area is 220 Å². The number of amides is 3. The van der Waals surface area contributed by atoms with E-state index in [-0.39, 0.29) is 35.4 Å². The molecule has 3 rings (SSSR count). The van der Waals surface area contributed by atoms with E-state index in [0.29, 0.717) is 30.4 Å². The molecule has 0 aliphatic carbocycles. The second-order valence-corrected chi connectivity index (χ2v) is 10.6. The van der Waals surface area contributed by atoms with Crippen molar-refractivity contribution in [1.82, 2.24) is 20.9 Å². The van der Waals surface area contributed by atoms with E-state index in [1.807, 2.05) is 18.8 Å². The molecule has 2 fully saturated rings. The molecule has 0 saturated carbocycles. The maximum absolute atomic E-state index is 12.1. The molecule has 2 heterocycles. The van der Waals surface area contributed by atoms with Gasteiger partial charge in [0.2, 0.25) is 5.91 Å². The van der Waals surface area contributed by atoms with E-state index in [1.165, 1.54) is 12.1 Å². The summed E-state index contributed by atoms with van der Waals surface area (Å²) in [5, 5.41) is 27.1. The van der Waals surface area contributed by atoms with Gasteiger partial charge in [0.15, 0.2) is 0 Å². The molecule has 14 heteroatoms. The van der Waals surface area contributed by atoms with Gasteiger partial charge in [-0.25, -0.2) is 4.79 Å². The van der Waals surface area contributed by atoms with Gasteiger partial charge >= 0.3 is 6.03 Å². The lowest BCUT2D eigenvalue weighted by atomic mass is 10.0. The summed E-state index contributed by atoms with van der Waals surface area (Å²) in [5.74, 6) is 1.03. The molecule has 0 radical (unpaired) electrons. The molecule has 1 aromatic rings. The summed E-state index contributed by atoms with van der Waals surface area (Å²) in [7, 11) is 2.01. The van der Waals surface area contributed by atoms with Crippen molar-refractivity contribution in [2.45, 2.75) is 55.9 Å². The molecule has 4 N–H and O–H groups in total.